The van der Waals surface area contributed by atoms with Crippen LogP contribution in [0.4, 0.5) is 0 Å². The quantitative estimate of drug-likeness (QED) is 0.483. The normalized spacial score (nSPS) is 24.8. The summed E-state index contributed by atoms with van der Waals surface area (Å²) in [5.74, 6) is -0.123. The molecule has 1 fully saturated rings. The van der Waals surface area contributed by atoms with Crippen LogP contribution in [0.2, 0.25) is 0 Å². The van der Waals surface area contributed by atoms with Gasteiger partial charge in [-0.25, -0.2) is 13.1 Å². The molecule has 1 aromatic rings. The maximum atomic E-state index is 12.6. The molecule has 2 aliphatic rings. The van der Waals surface area contributed by atoms with Gasteiger partial charge in [0, 0.05) is 13.1 Å². The van der Waals surface area contributed by atoms with E-state index in [0.717, 1.165) is 25.2 Å². The molecule has 0 saturated carbocycles. The van der Waals surface area contributed by atoms with Gasteiger partial charge in [0.25, 0.3) is 0 Å². The third kappa shape index (κ3) is 7.11. The molecule has 0 aromatic heterocycles. The number of amides is 1. The zero-order chi connectivity index (χ0) is 22.3. The van der Waals surface area contributed by atoms with Gasteiger partial charge in [0.1, 0.15) is 6.10 Å². The minimum atomic E-state index is -3.76. The van der Waals surface area contributed by atoms with Crippen molar-refractivity contribution in [2.45, 2.75) is 55.8 Å². The first-order valence-corrected chi connectivity index (χ1v) is 12.4. The van der Waals surface area contributed by atoms with Crippen molar-refractivity contribution >= 4 is 15.9 Å². The van der Waals surface area contributed by atoms with Crippen molar-refractivity contribution in [3.8, 4) is 0 Å². The summed E-state index contributed by atoms with van der Waals surface area (Å²) >= 11 is 0. The first kappa shape index (κ1) is 23.9. The van der Waals surface area contributed by atoms with Gasteiger partial charge in [-0.2, -0.15) is 0 Å². The van der Waals surface area contributed by atoms with E-state index in [1.165, 1.54) is 31.4 Å². The first-order valence-electron chi connectivity index (χ1n) is 10.9. The number of nitrogens with zero attached hydrogens (tertiary/aromatic N) is 1. The second kappa shape index (κ2) is 11.2. The molecule has 31 heavy (non-hydrogen) atoms. The second-order valence-corrected chi connectivity index (χ2v) is 9.91. The lowest BCUT2D eigenvalue weighted by atomic mass is 10.1. The SMILES string of the molecule is Cc1ccc(S(=O)(=O)N[C@@H]2C=C[C@@H](CC(=O)NCCN3CCCCC3)O[C@@H]2CO)cc1. The second-order valence-electron chi connectivity index (χ2n) is 8.20. The van der Waals surface area contributed by atoms with E-state index in [9.17, 15) is 18.3 Å². The molecule has 0 aliphatic carbocycles. The number of carbonyl (C=O) groups excluding carboxylic acids is 1. The number of carbonyl (C=O) groups is 1. The fourth-order valence-electron chi connectivity index (χ4n) is 3.87. The molecule has 9 heteroatoms. The van der Waals surface area contributed by atoms with Crippen LogP contribution in [0, 0.1) is 6.92 Å². The average molecular weight is 452 g/mol. The molecule has 172 valence electrons. The van der Waals surface area contributed by atoms with E-state index in [4.69, 9.17) is 4.74 Å². The summed E-state index contributed by atoms with van der Waals surface area (Å²) in [5, 5.41) is 12.6. The fourth-order valence-corrected chi connectivity index (χ4v) is 5.09. The third-order valence-electron chi connectivity index (χ3n) is 5.67. The van der Waals surface area contributed by atoms with Crippen molar-refractivity contribution in [1.29, 1.82) is 0 Å². The van der Waals surface area contributed by atoms with Crippen LogP contribution >= 0.6 is 0 Å². The van der Waals surface area contributed by atoms with E-state index in [1.807, 2.05) is 6.92 Å². The number of ether oxygens (including phenoxy) is 1. The van der Waals surface area contributed by atoms with Crippen LogP contribution in [0.3, 0.4) is 0 Å². The smallest absolute Gasteiger partial charge is 0.241 e. The lowest BCUT2D eigenvalue weighted by Gasteiger charge is -2.31. The minimum absolute atomic E-state index is 0.123. The number of benzene rings is 1. The lowest BCUT2D eigenvalue weighted by molar-refractivity contribution is -0.125. The van der Waals surface area contributed by atoms with Crippen LogP contribution in [-0.4, -0.2) is 75.4 Å². The molecule has 1 amide bonds. The highest BCUT2D eigenvalue weighted by molar-refractivity contribution is 7.89. The number of aryl methyl sites for hydroxylation is 1. The standard InChI is InChI=1S/C22H33N3O5S/c1-17-5-8-19(9-6-17)31(28,29)24-20-10-7-18(30-21(20)16-26)15-22(27)23-11-14-25-12-3-2-4-13-25/h5-10,18,20-21,24,26H,2-4,11-16H2,1H3,(H,23,27)/t18-,20+,21+/m0/s1. The van der Waals surface area contributed by atoms with Crippen molar-refractivity contribution in [3.63, 3.8) is 0 Å². The summed E-state index contributed by atoms with van der Waals surface area (Å²) in [6.45, 7) is 5.13. The predicted octanol–water partition coefficient (Wildman–Crippen LogP) is 0.950. The van der Waals surface area contributed by atoms with E-state index < -0.39 is 28.3 Å². The number of aliphatic hydroxyl groups is 1. The monoisotopic (exact) mass is 451 g/mol. The highest BCUT2D eigenvalue weighted by Gasteiger charge is 2.31. The molecule has 0 bridgehead atoms. The van der Waals surface area contributed by atoms with Crippen LogP contribution in [-0.2, 0) is 19.6 Å². The largest absolute Gasteiger partial charge is 0.394 e. The van der Waals surface area contributed by atoms with E-state index >= 15 is 0 Å². The van der Waals surface area contributed by atoms with Gasteiger partial charge in [-0.1, -0.05) is 36.3 Å². The van der Waals surface area contributed by atoms with E-state index in [2.05, 4.69) is 14.9 Å². The molecular weight excluding hydrogens is 418 g/mol. The van der Waals surface area contributed by atoms with Crippen molar-refractivity contribution < 1.29 is 23.1 Å². The fraction of sp³-hybridized carbons (Fsp3) is 0.591. The average Bonchev–Trinajstić information content (AvgIpc) is 2.75. The van der Waals surface area contributed by atoms with Crippen molar-refractivity contribution in [1.82, 2.24) is 14.9 Å². The molecule has 2 aliphatic heterocycles. The number of aliphatic hydroxyl groups excluding tert-OH is 1. The summed E-state index contributed by atoms with van der Waals surface area (Å²) in [4.78, 5) is 14.8. The molecule has 0 radical (unpaired) electrons. The molecule has 8 nitrogen and oxygen atoms in total. The molecule has 3 rings (SSSR count). The van der Waals surface area contributed by atoms with Gasteiger partial charge in [0.05, 0.1) is 30.1 Å². The Hall–Kier alpha value is -1.78. The maximum absolute atomic E-state index is 12.6. The molecule has 1 saturated heterocycles. The Labute approximate surface area is 184 Å². The highest BCUT2D eigenvalue weighted by atomic mass is 32.2. The highest BCUT2D eigenvalue weighted by Crippen LogP contribution is 2.18. The first-order chi connectivity index (χ1) is 14.9. The number of hydrogen-bond donors (Lipinski definition) is 3. The summed E-state index contributed by atoms with van der Waals surface area (Å²) in [6.07, 6.45) is 5.90. The van der Waals surface area contributed by atoms with Gasteiger partial charge in [0.2, 0.25) is 15.9 Å². The van der Waals surface area contributed by atoms with Crippen molar-refractivity contribution in [2.75, 3.05) is 32.8 Å². The Morgan fingerprint density at radius 1 is 1.16 bits per heavy atom. The van der Waals surface area contributed by atoms with Gasteiger partial charge in [0.15, 0.2) is 0 Å². The zero-order valence-electron chi connectivity index (χ0n) is 18.0. The third-order valence-corrected chi connectivity index (χ3v) is 7.15. The predicted molar refractivity (Wildman–Crippen MR) is 118 cm³/mol. The Kier molecular flexibility index (Phi) is 8.62. The number of rotatable bonds is 9. The van der Waals surface area contributed by atoms with E-state index in [0.29, 0.717) is 6.54 Å². The van der Waals surface area contributed by atoms with Gasteiger partial charge >= 0.3 is 0 Å². The topological polar surface area (TPSA) is 108 Å². The van der Waals surface area contributed by atoms with Crippen molar-refractivity contribution in [3.05, 3.63) is 42.0 Å². The van der Waals surface area contributed by atoms with Crippen molar-refractivity contribution in [2.24, 2.45) is 0 Å². The number of likely N-dealkylation sites (tertiary alicyclic amines) is 1. The Morgan fingerprint density at radius 2 is 1.87 bits per heavy atom. The maximum Gasteiger partial charge on any atom is 0.241 e. The summed E-state index contributed by atoms with van der Waals surface area (Å²) < 4.78 is 33.6. The van der Waals surface area contributed by atoms with Crippen LogP contribution in [0.25, 0.3) is 0 Å². The number of hydrogen-bond acceptors (Lipinski definition) is 6. The van der Waals surface area contributed by atoms with Gasteiger partial charge in [-0.3, -0.25) is 4.79 Å². The molecule has 1 aromatic carbocycles. The summed E-state index contributed by atoms with van der Waals surface area (Å²) in [7, 11) is -3.76. The minimum Gasteiger partial charge on any atom is -0.394 e. The molecule has 2 heterocycles. The van der Waals surface area contributed by atoms with Crippen LogP contribution in [0.5, 0.6) is 0 Å². The van der Waals surface area contributed by atoms with Crippen LogP contribution in [0.15, 0.2) is 41.3 Å². The number of piperidine rings is 1. The van der Waals surface area contributed by atoms with Gasteiger partial charge < -0.3 is 20.1 Å². The molecule has 3 N–H and O–H groups in total. The van der Waals surface area contributed by atoms with E-state index in [1.54, 1.807) is 24.3 Å². The molecule has 0 unspecified atom stereocenters. The Balaban J connectivity index is 1.50. The van der Waals surface area contributed by atoms with E-state index in [-0.39, 0.29) is 23.8 Å². The molecule has 0 spiro atoms. The summed E-state index contributed by atoms with van der Waals surface area (Å²) in [6, 6.07) is 5.82. The van der Waals surface area contributed by atoms with Gasteiger partial charge in [-0.05, 0) is 45.0 Å². The number of sulfonamides is 1. The zero-order valence-corrected chi connectivity index (χ0v) is 18.8. The lowest BCUT2D eigenvalue weighted by Crippen LogP contribution is -2.49. The van der Waals surface area contributed by atoms with Gasteiger partial charge in [-0.15, -0.1) is 0 Å². The summed E-state index contributed by atoms with van der Waals surface area (Å²) in [5.41, 5.74) is 0.963. The molecular formula is C22H33N3O5S. The number of nitrogens with one attached hydrogen (secondary N) is 2. The molecule has 3 atom stereocenters. The Bertz CT molecular complexity index is 850. The van der Waals surface area contributed by atoms with Crippen LogP contribution in [0.1, 0.15) is 31.2 Å². The van der Waals surface area contributed by atoms with Crippen LogP contribution < -0.4 is 10.0 Å². The Morgan fingerprint density at radius 3 is 2.55 bits per heavy atom.